The first-order valence-electron chi connectivity index (χ1n) is 9.52. The molecule has 3 heterocycles. The number of benzene rings is 1. The van der Waals surface area contributed by atoms with Crippen LogP contribution in [0.4, 0.5) is 16.4 Å². The van der Waals surface area contributed by atoms with Gasteiger partial charge in [0.05, 0.1) is 36.2 Å². The number of nitrogens with one attached hydrogen (secondary N) is 4. The first kappa shape index (κ1) is 19.2. The summed E-state index contributed by atoms with van der Waals surface area (Å²) in [5.74, 6) is 1.17. The zero-order valence-electron chi connectivity index (χ0n) is 16.1. The molecule has 29 heavy (non-hydrogen) atoms. The molecule has 0 spiro atoms. The fraction of sp³-hybridized carbons (Fsp3) is 0.350. The van der Waals surface area contributed by atoms with Crippen molar-refractivity contribution in [1.82, 2.24) is 20.5 Å². The number of ether oxygens (including phenoxy) is 2. The van der Waals surface area contributed by atoms with Crippen molar-refractivity contribution in [3.63, 3.8) is 0 Å². The Balaban J connectivity index is 1.42. The quantitative estimate of drug-likeness (QED) is 0.488. The van der Waals surface area contributed by atoms with Gasteiger partial charge in [-0.05, 0) is 12.0 Å². The van der Waals surface area contributed by atoms with Gasteiger partial charge in [-0.1, -0.05) is 30.3 Å². The highest BCUT2D eigenvalue weighted by atomic mass is 16.5. The lowest BCUT2D eigenvalue weighted by Gasteiger charge is -2.18. The highest BCUT2D eigenvalue weighted by Crippen LogP contribution is 2.23. The first-order valence-corrected chi connectivity index (χ1v) is 9.52. The van der Waals surface area contributed by atoms with Crippen molar-refractivity contribution in [1.29, 1.82) is 0 Å². The van der Waals surface area contributed by atoms with Crippen LogP contribution in [0.15, 0.2) is 42.6 Å². The summed E-state index contributed by atoms with van der Waals surface area (Å²) in [5, 5.41) is 17.2. The van der Waals surface area contributed by atoms with E-state index in [1.165, 1.54) is 0 Å². The molecule has 9 nitrogen and oxygen atoms in total. The number of urea groups is 1. The van der Waals surface area contributed by atoms with Gasteiger partial charge in [-0.15, -0.1) is 0 Å². The highest BCUT2D eigenvalue weighted by Gasteiger charge is 2.18. The molecule has 1 saturated heterocycles. The minimum absolute atomic E-state index is 0.251. The van der Waals surface area contributed by atoms with E-state index < -0.39 is 0 Å². The molecule has 1 aromatic carbocycles. The normalized spacial score (nSPS) is 17.2. The minimum Gasteiger partial charge on any atom is -0.382 e. The van der Waals surface area contributed by atoms with Crippen LogP contribution in [0.3, 0.4) is 0 Å². The number of carbonyl (C=O) groups excluding carboxylic acids is 1. The molecule has 2 amide bonds. The fourth-order valence-electron chi connectivity index (χ4n) is 3.32. The van der Waals surface area contributed by atoms with E-state index in [1.807, 2.05) is 30.3 Å². The molecule has 0 saturated carbocycles. The number of methoxy groups -OCH3 is 1. The van der Waals surface area contributed by atoms with Gasteiger partial charge in [0.2, 0.25) is 0 Å². The van der Waals surface area contributed by atoms with E-state index in [-0.39, 0.29) is 18.1 Å². The predicted octanol–water partition coefficient (Wildman–Crippen LogP) is 2.67. The molecule has 2 aromatic heterocycles. The van der Waals surface area contributed by atoms with Crippen LogP contribution in [-0.2, 0) is 9.47 Å². The van der Waals surface area contributed by atoms with Crippen molar-refractivity contribution in [2.45, 2.75) is 18.5 Å². The number of aromatic amines is 1. The van der Waals surface area contributed by atoms with Gasteiger partial charge in [0, 0.05) is 26.0 Å². The molecule has 9 heteroatoms. The van der Waals surface area contributed by atoms with Crippen molar-refractivity contribution < 1.29 is 14.3 Å². The Kier molecular flexibility index (Phi) is 5.87. The number of amides is 2. The summed E-state index contributed by atoms with van der Waals surface area (Å²) in [6.45, 7) is 1.80. The lowest BCUT2D eigenvalue weighted by molar-refractivity contribution is 0.168. The monoisotopic (exact) mass is 396 g/mol. The van der Waals surface area contributed by atoms with Gasteiger partial charge < -0.3 is 20.1 Å². The summed E-state index contributed by atoms with van der Waals surface area (Å²) in [7, 11) is 1.60. The van der Waals surface area contributed by atoms with Gasteiger partial charge in [0.1, 0.15) is 5.82 Å². The molecule has 4 N–H and O–H groups in total. The van der Waals surface area contributed by atoms with Crippen molar-refractivity contribution in [3.8, 4) is 0 Å². The smallest absolute Gasteiger partial charge is 0.320 e. The van der Waals surface area contributed by atoms with Crippen LogP contribution in [-0.4, -0.2) is 54.2 Å². The second kappa shape index (κ2) is 8.89. The van der Waals surface area contributed by atoms with Gasteiger partial charge in [0.15, 0.2) is 5.82 Å². The Hall–Kier alpha value is -3.17. The lowest BCUT2D eigenvalue weighted by Crippen LogP contribution is -2.35. The van der Waals surface area contributed by atoms with E-state index in [4.69, 9.17) is 9.47 Å². The molecule has 0 aliphatic carbocycles. The van der Waals surface area contributed by atoms with Crippen LogP contribution in [0.5, 0.6) is 0 Å². The number of rotatable bonds is 7. The zero-order chi connectivity index (χ0) is 20.1. The molecular formula is C20H24N6O3. The Labute approximate surface area is 168 Å². The molecule has 4 rings (SSSR count). The van der Waals surface area contributed by atoms with Crippen molar-refractivity contribution >= 4 is 28.6 Å². The Morgan fingerprint density at radius 3 is 3.00 bits per heavy atom. The number of anilines is 2. The number of H-pyrrole nitrogens is 1. The maximum absolute atomic E-state index is 12.5. The second-order valence-corrected chi connectivity index (χ2v) is 6.91. The van der Waals surface area contributed by atoms with Crippen LogP contribution >= 0.6 is 0 Å². The van der Waals surface area contributed by atoms with Crippen molar-refractivity contribution in [2.24, 2.45) is 0 Å². The van der Waals surface area contributed by atoms with Crippen LogP contribution in [0, 0.1) is 0 Å². The van der Waals surface area contributed by atoms with E-state index in [2.05, 4.69) is 31.1 Å². The summed E-state index contributed by atoms with van der Waals surface area (Å²) >= 11 is 0. The Morgan fingerprint density at radius 2 is 2.24 bits per heavy atom. The van der Waals surface area contributed by atoms with Crippen molar-refractivity contribution in [2.75, 3.05) is 37.6 Å². The molecule has 0 bridgehead atoms. The summed E-state index contributed by atoms with van der Waals surface area (Å²) in [4.78, 5) is 16.8. The van der Waals surface area contributed by atoms with Crippen LogP contribution < -0.4 is 16.0 Å². The molecule has 3 aromatic rings. The summed E-state index contributed by atoms with van der Waals surface area (Å²) in [6.07, 6.45) is 2.64. The highest BCUT2D eigenvalue weighted by molar-refractivity contribution is 5.94. The lowest BCUT2D eigenvalue weighted by atomic mass is 10.1. The predicted molar refractivity (Wildman–Crippen MR) is 110 cm³/mol. The summed E-state index contributed by atoms with van der Waals surface area (Å²) in [6, 6.07) is 11.1. The van der Waals surface area contributed by atoms with E-state index in [0.29, 0.717) is 19.0 Å². The second-order valence-electron chi connectivity index (χ2n) is 6.91. The molecular weight excluding hydrogens is 372 g/mol. The molecule has 0 radical (unpaired) electrons. The Bertz CT molecular complexity index is 955. The number of nitrogens with zero attached hydrogens (tertiary/aromatic N) is 2. The van der Waals surface area contributed by atoms with Gasteiger partial charge in [-0.25, -0.2) is 9.78 Å². The van der Waals surface area contributed by atoms with Gasteiger partial charge >= 0.3 is 6.03 Å². The maximum atomic E-state index is 12.5. The van der Waals surface area contributed by atoms with Crippen LogP contribution in [0.25, 0.3) is 10.9 Å². The topological polar surface area (TPSA) is 113 Å². The maximum Gasteiger partial charge on any atom is 0.320 e. The average molecular weight is 396 g/mol. The molecule has 1 aliphatic heterocycles. The number of pyridine rings is 1. The van der Waals surface area contributed by atoms with Gasteiger partial charge in [-0.3, -0.25) is 10.4 Å². The van der Waals surface area contributed by atoms with Gasteiger partial charge in [-0.2, -0.15) is 5.10 Å². The van der Waals surface area contributed by atoms with Crippen LogP contribution in [0.1, 0.15) is 18.0 Å². The number of aromatic nitrogens is 3. The largest absolute Gasteiger partial charge is 0.382 e. The van der Waals surface area contributed by atoms with E-state index in [0.717, 1.165) is 35.3 Å². The summed E-state index contributed by atoms with van der Waals surface area (Å²) in [5.41, 5.74) is 1.75. The standard InChI is InChI=1S/C20H24N6O3/c1-28-12-17(13-5-3-2-4-6-13)23-20(27)24-18-9-16-15(10-21-18)19(26-25-16)22-14-7-8-29-11-14/h2-6,9-10,14,17H,7-8,11-12H2,1H3,(H2,22,25,26)(H2,21,23,24,27)/t14-,17+/m0/s1. The third-order valence-corrected chi connectivity index (χ3v) is 4.80. The van der Waals surface area contributed by atoms with Gasteiger partial charge in [0.25, 0.3) is 0 Å². The third kappa shape index (κ3) is 4.64. The average Bonchev–Trinajstić information content (AvgIpc) is 3.39. The molecule has 2 atom stereocenters. The Morgan fingerprint density at radius 1 is 1.38 bits per heavy atom. The van der Waals surface area contributed by atoms with E-state index in [9.17, 15) is 4.79 Å². The SMILES string of the molecule is COC[C@@H](NC(=O)Nc1cc2[nH]nc(N[C@H]3CCOC3)c2cn1)c1ccccc1. The fourth-order valence-corrected chi connectivity index (χ4v) is 3.32. The minimum atomic E-state index is -0.358. The number of hydrogen-bond acceptors (Lipinski definition) is 6. The molecule has 1 fully saturated rings. The van der Waals surface area contributed by atoms with E-state index in [1.54, 1.807) is 19.4 Å². The van der Waals surface area contributed by atoms with E-state index >= 15 is 0 Å². The molecule has 0 unspecified atom stereocenters. The van der Waals surface area contributed by atoms with Crippen LogP contribution in [0.2, 0.25) is 0 Å². The number of hydrogen-bond donors (Lipinski definition) is 4. The molecule has 152 valence electrons. The first-order chi connectivity index (χ1) is 14.2. The van der Waals surface area contributed by atoms with Crippen molar-refractivity contribution in [3.05, 3.63) is 48.2 Å². The third-order valence-electron chi connectivity index (χ3n) is 4.80. The molecule has 1 aliphatic rings. The number of carbonyl (C=O) groups is 1. The zero-order valence-corrected chi connectivity index (χ0v) is 16.1. The summed E-state index contributed by atoms with van der Waals surface area (Å²) < 4.78 is 10.6. The number of fused-ring (bicyclic) bond motifs is 1.